The first kappa shape index (κ1) is 13.6. The Balaban J connectivity index is 3.17. The molecule has 0 atom stereocenters. The number of hydrogen-bond donors (Lipinski definition) is 2. The summed E-state index contributed by atoms with van der Waals surface area (Å²) in [6.45, 7) is 3.52. The third kappa shape index (κ3) is 3.52. The maximum absolute atomic E-state index is 12.5. The van der Waals surface area contributed by atoms with Gasteiger partial charge in [-0.15, -0.1) is 18.3 Å². The van der Waals surface area contributed by atoms with E-state index in [2.05, 4.69) is 6.58 Å². The van der Waals surface area contributed by atoms with E-state index < -0.39 is 11.7 Å². The van der Waals surface area contributed by atoms with Crippen molar-refractivity contribution in [2.75, 3.05) is 5.75 Å². The predicted molar refractivity (Wildman–Crippen MR) is 63.4 cm³/mol. The summed E-state index contributed by atoms with van der Waals surface area (Å²) in [4.78, 5) is 0.547. The summed E-state index contributed by atoms with van der Waals surface area (Å²) in [7, 11) is 0. The molecule has 0 spiro atoms. The molecule has 2 nitrogen and oxygen atoms in total. The molecule has 0 radical (unpaired) electrons. The molecule has 0 aromatic heterocycles. The first-order valence-corrected chi connectivity index (χ1v) is 5.64. The van der Waals surface area contributed by atoms with E-state index in [-0.39, 0.29) is 11.4 Å². The molecule has 17 heavy (non-hydrogen) atoms. The van der Waals surface area contributed by atoms with E-state index in [1.54, 1.807) is 6.08 Å². The van der Waals surface area contributed by atoms with Gasteiger partial charge < -0.3 is 5.73 Å². The number of nitrogens with one attached hydrogen (secondary N) is 1. The summed E-state index contributed by atoms with van der Waals surface area (Å²) >= 11 is 1.29. The van der Waals surface area contributed by atoms with Gasteiger partial charge in [0, 0.05) is 16.2 Å². The quantitative estimate of drug-likeness (QED) is 0.378. The molecule has 3 N–H and O–H groups in total. The number of thioether (sulfide) groups is 1. The summed E-state index contributed by atoms with van der Waals surface area (Å²) in [5.74, 6) is 0.175. The fraction of sp³-hybridized carbons (Fsp3) is 0.182. The first-order valence-electron chi connectivity index (χ1n) is 4.65. The Kier molecular flexibility index (Phi) is 4.22. The van der Waals surface area contributed by atoms with E-state index in [4.69, 9.17) is 11.1 Å². The van der Waals surface area contributed by atoms with Gasteiger partial charge in [-0.3, -0.25) is 5.41 Å². The number of alkyl halides is 3. The van der Waals surface area contributed by atoms with E-state index in [0.29, 0.717) is 10.6 Å². The molecule has 0 fully saturated rings. The highest BCUT2D eigenvalue weighted by Gasteiger charge is 2.31. The van der Waals surface area contributed by atoms with E-state index in [1.807, 2.05) is 0 Å². The number of rotatable bonds is 4. The van der Waals surface area contributed by atoms with Crippen molar-refractivity contribution >= 4 is 17.6 Å². The third-order valence-electron chi connectivity index (χ3n) is 1.95. The van der Waals surface area contributed by atoms with Gasteiger partial charge in [-0.05, 0) is 18.2 Å². The average Bonchev–Trinajstić information content (AvgIpc) is 2.24. The Hall–Kier alpha value is -1.43. The van der Waals surface area contributed by atoms with Crippen LogP contribution in [0.3, 0.4) is 0 Å². The van der Waals surface area contributed by atoms with Crippen molar-refractivity contribution in [1.29, 1.82) is 5.41 Å². The Morgan fingerprint density at radius 2 is 2.12 bits per heavy atom. The zero-order valence-electron chi connectivity index (χ0n) is 8.84. The number of amidine groups is 1. The summed E-state index contributed by atoms with van der Waals surface area (Å²) < 4.78 is 37.4. The second-order valence-corrected chi connectivity index (χ2v) is 4.28. The summed E-state index contributed by atoms with van der Waals surface area (Å²) in [6.07, 6.45) is -2.79. The number of hydrogen-bond acceptors (Lipinski definition) is 2. The van der Waals surface area contributed by atoms with Crippen LogP contribution in [0.15, 0.2) is 35.7 Å². The summed E-state index contributed by atoms with van der Waals surface area (Å²) in [5.41, 5.74) is 4.58. The molecule has 0 bridgehead atoms. The van der Waals surface area contributed by atoms with Gasteiger partial charge in [-0.25, -0.2) is 0 Å². The monoisotopic (exact) mass is 260 g/mol. The van der Waals surface area contributed by atoms with Crippen molar-refractivity contribution in [2.45, 2.75) is 11.1 Å². The molecule has 1 aromatic carbocycles. The van der Waals surface area contributed by atoms with Crippen LogP contribution in [-0.2, 0) is 6.18 Å². The summed E-state index contributed by atoms with van der Waals surface area (Å²) in [5, 5.41) is 7.28. The van der Waals surface area contributed by atoms with Crippen molar-refractivity contribution < 1.29 is 13.2 Å². The number of benzene rings is 1. The van der Waals surface area contributed by atoms with Gasteiger partial charge in [0.05, 0.1) is 5.56 Å². The van der Waals surface area contributed by atoms with Gasteiger partial charge in [-0.1, -0.05) is 6.08 Å². The molecular weight excluding hydrogens is 249 g/mol. The fourth-order valence-electron chi connectivity index (χ4n) is 1.19. The molecule has 0 aliphatic heterocycles. The minimum atomic E-state index is -4.42. The van der Waals surface area contributed by atoms with E-state index >= 15 is 0 Å². The lowest BCUT2D eigenvalue weighted by molar-refractivity contribution is -0.137. The minimum absolute atomic E-state index is 0.103. The van der Waals surface area contributed by atoms with Crippen molar-refractivity contribution in [3.8, 4) is 0 Å². The van der Waals surface area contributed by atoms with Crippen molar-refractivity contribution in [1.82, 2.24) is 0 Å². The van der Waals surface area contributed by atoms with Crippen LogP contribution in [0, 0.1) is 5.41 Å². The highest BCUT2D eigenvalue weighted by molar-refractivity contribution is 7.99. The van der Waals surface area contributed by atoms with Crippen LogP contribution >= 0.6 is 11.8 Å². The SMILES string of the molecule is C=CCSc1ccc(C(F)(F)F)cc1C(=N)N. The van der Waals surface area contributed by atoms with Crippen LogP contribution in [0.4, 0.5) is 13.2 Å². The highest BCUT2D eigenvalue weighted by atomic mass is 32.2. The molecule has 0 amide bonds. The molecule has 0 unspecified atom stereocenters. The van der Waals surface area contributed by atoms with E-state index in [1.165, 1.54) is 17.8 Å². The smallest absolute Gasteiger partial charge is 0.384 e. The lowest BCUT2D eigenvalue weighted by Gasteiger charge is -2.11. The zero-order valence-corrected chi connectivity index (χ0v) is 9.66. The standard InChI is InChI=1S/C11H11F3N2S/c1-2-5-17-9-4-3-7(11(12,13)14)6-8(9)10(15)16/h2-4,6H,1,5H2,(H3,15,16). The third-order valence-corrected chi connectivity index (χ3v) is 3.02. The maximum Gasteiger partial charge on any atom is 0.416 e. The molecule has 0 aliphatic carbocycles. The lowest BCUT2D eigenvalue weighted by Crippen LogP contribution is -2.15. The Morgan fingerprint density at radius 1 is 1.47 bits per heavy atom. The molecule has 92 valence electrons. The molecule has 0 saturated carbocycles. The van der Waals surface area contributed by atoms with Crippen LogP contribution < -0.4 is 5.73 Å². The van der Waals surface area contributed by atoms with Crippen molar-refractivity contribution in [3.05, 3.63) is 42.0 Å². The zero-order chi connectivity index (χ0) is 13.1. The number of nitrogen functional groups attached to an aromatic ring is 1. The van der Waals surface area contributed by atoms with Crippen molar-refractivity contribution in [2.24, 2.45) is 5.73 Å². The van der Waals surface area contributed by atoms with E-state index in [0.717, 1.165) is 12.1 Å². The van der Waals surface area contributed by atoms with Crippen LogP contribution in [0.25, 0.3) is 0 Å². The molecule has 1 rings (SSSR count). The normalized spacial score (nSPS) is 11.2. The number of halogens is 3. The van der Waals surface area contributed by atoms with Gasteiger partial charge in [-0.2, -0.15) is 13.2 Å². The maximum atomic E-state index is 12.5. The second kappa shape index (κ2) is 5.27. The van der Waals surface area contributed by atoms with Crippen LogP contribution in [0.5, 0.6) is 0 Å². The molecule has 1 aromatic rings. The highest BCUT2D eigenvalue weighted by Crippen LogP contribution is 2.33. The average molecular weight is 260 g/mol. The van der Waals surface area contributed by atoms with Gasteiger partial charge in [0.1, 0.15) is 5.84 Å². The minimum Gasteiger partial charge on any atom is -0.384 e. The van der Waals surface area contributed by atoms with Gasteiger partial charge in [0.25, 0.3) is 0 Å². The molecule has 0 heterocycles. The van der Waals surface area contributed by atoms with Crippen molar-refractivity contribution in [3.63, 3.8) is 0 Å². The van der Waals surface area contributed by atoms with E-state index in [9.17, 15) is 13.2 Å². The predicted octanol–water partition coefficient (Wildman–Crippen LogP) is 3.27. The largest absolute Gasteiger partial charge is 0.416 e. The van der Waals surface area contributed by atoms with Gasteiger partial charge in [0.15, 0.2) is 0 Å². The Labute approximate surface area is 101 Å². The van der Waals surface area contributed by atoms with Gasteiger partial charge in [0.2, 0.25) is 0 Å². The van der Waals surface area contributed by atoms with Gasteiger partial charge >= 0.3 is 6.18 Å². The van der Waals surface area contributed by atoms with Crippen LogP contribution in [0.1, 0.15) is 11.1 Å². The van der Waals surface area contributed by atoms with Crippen LogP contribution in [-0.4, -0.2) is 11.6 Å². The molecule has 0 aliphatic rings. The molecular formula is C11H11F3N2S. The number of nitrogens with two attached hydrogens (primary N) is 1. The summed E-state index contributed by atoms with van der Waals surface area (Å²) in [6, 6.07) is 3.21. The second-order valence-electron chi connectivity index (χ2n) is 3.22. The lowest BCUT2D eigenvalue weighted by atomic mass is 10.1. The first-order chi connectivity index (χ1) is 7.86. The molecule has 6 heteroatoms. The topological polar surface area (TPSA) is 49.9 Å². The Morgan fingerprint density at radius 3 is 2.59 bits per heavy atom. The fourth-order valence-corrected chi connectivity index (χ4v) is 1.98. The Bertz CT molecular complexity index is 441. The van der Waals surface area contributed by atoms with Crippen LogP contribution in [0.2, 0.25) is 0 Å². The molecule has 0 saturated heterocycles.